The average molecular weight is 854 g/mol. The predicted molar refractivity (Wildman–Crippen MR) is 232 cm³/mol. The van der Waals surface area contributed by atoms with Crippen molar-refractivity contribution in [2.75, 3.05) is 0 Å². The van der Waals surface area contributed by atoms with Crippen LogP contribution in [-0.4, -0.2) is 32.9 Å². The van der Waals surface area contributed by atoms with Crippen LogP contribution in [0.25, 0.3) is 75.8 Å². The molecule has 0 saturated heterocycles. The first kappa shape index (κ1) is 37.8. The van der Waals surface area contributed by atoms with Crippen LogP contribution in [0, 0.1) is 0 Å². The minimum Gasteiger partial charge on any atom is -0.504 e. The zero-order valence-electron chi connectivity index (χ0n) is 31.0. The van der Waals surface area contributed by atoms with Gasteiger partial charge in [-0.2, -0.15) is 0 Å². The van der Waals surface area contributed by atoms with Crippen molar-refractivity contribution in [3.05, 3.63) is 180 Å². The van der Waals surface area contributed by atoms with Gasteiger partial charge < -0.3 is 20.4 Å². The zero-order valence-corrected chi connectivity index (χ0v) is 33.0. The van der Waals surface area contributed by atoms with Crippen molar-refractivity contribution < 1.29 is 53.4 Å². The van der Waals surface area contributed by atoms with E-state index in [1.54, 1.807) is 24.6 Å². The summed E-state index contributed by atoms with van der Waals surface area (Å²) < 4.78 is 0. The molecular formula is C51H32N2Ni2O4. The molecule has 0 heterocycles. The van der Waals surface area contributed by atoms with Gasteiger partial charge in [-0.05, 0) is 112 Å². The molecule has 0 bridgehead atoms. The molecule has 11 rings (SSSR count). The Morgan fingerprint density at radius 2 is 0.695 bits per heavy atom. The molecule has 4 N–H and O–H groups in total. The van der Waals surface area contributed by atoms with Gasteiger partial charge in [-0.25, -0.2) is 0 Å². The second kappa shape index (κ2) is 14.3. The molecule has 10 aromatic rings. The van der Waals surface area contributed by atoms with Crippen molar-refractivity contribution in [3.63, 3.8) is 0 Å². The zero-order chi connectivity index (χ0) is 38.4. The Balaban J connectivity index is 0.00000224. The second-order valence-electron chi connectivity index (χ2n) is 14.8. The summed E-state index contributed by atoms with van der Waals surface area (Å²) in [6.45, 7) is 0. The molecular weight excluding hydrogens is 822 g/mol. The molecule has 6 nitrogen and oxygen atoms in total. The van der Waals surface area contributed by atoms with E-state index in [4.69, 9.17) is 9.98 Å². The fraction of sp³-hybridized carbons (Fsp3) is 0.0196. The number of hydrogen-bond donors (Lipinski definition) is 4. The summed E-state index contributed by atoms with van der Waals surface area (Å²) in [6, 6.07) is 52.1. The van der Waals surface area contributed by atoms with Crippen LogP contribution in [0.3, 0.4) is 0 Å². The Morgan fingerprint density at radius 3 is 1.10 bits per heavy atom. The van der Waals surface area contributed by atoms with E-state index < -0.39 is 5.66 Å². The van der Waals surface area contributed by atoms with E-state index in [-0.39, 0.29) is 56.0 Å². The van der Waals surface area contributed by atoms with E-state index in [9.17, 15) is 20.4 Å². The van der Waals surface area contributed by atoms with Gasteiger partial charge in [0, 0.05) is 67.7 Å². The molecule has 0 fully saturated rings. The van der Waals surface area contributed by atoms with Crippen LogP contribution in [0.15, 0.2) is 168 Å². The van der Waals surface area contributed by atoms with E-state index in [0.717, 1.165) is 76.1 Å². The molecule has 290 valence electrons. The van der Waals surface area contributed by atoms with Crippen LogP contribution in [0.2, 0.25) is 0 Å². The predicted octanol–water partition coefficient (Wildman–Crippen LogP) is 11.8. The van der Waals surface area contributed by atoms with Crippen LogP contribution in [0.4, 0.5) is 0 Å². The molecule has 1 aliphatic rings. The fourth-order valence-corrected chi connectivity index (χ4v) is 8.88. The largest absolute Gasteiger partial charge is 0.504 e. The summed E-state index contributed by atoms with van der Waals surface area (Å²) in [5, 5.41) is 56.1. The summed E-state index contributed by atoms with van der Waals surface area (Å²) >= 11 is 0. The van der Waals surface area contributed by atoms with Gasteiger partial charge in [0.15, 0.2) is 23.0 Å². The van der Waals surface area contributed by atoms with Gasteiger partial charge in [-0.15, -0.1) is 0 Å². The Bertz CT molecular complexity index is 3210. The summed E-state index contributed by atoms with van der Waals surface area (Å²) in [7, 11) is 0. The van der Waals surface area contributed by atoms with Crippen molar-refractivity contribution in [2.24, 2.45) is 9.98 Å². The number of rotatable bonds is 4. The molecule has 0 unspecified atom stereocenters. The van der Waals surface area contributed by atoms with Gasteiger partial charge in [0.05, 0.1) is 0 Å². The van der Waals surface area contributed by atoms with Crippen molar-refractivity contribution in [1.82, 2.24) is 0 Å². The van der Waals surface area contributed by atoms with Gasteiger partial charge in [0.25, 0.3) is 0 Å². The molecule has 1 aliphatic carbocycles. The SMILES string of the molecule is Oc1cc2ccccc2c(/C=N/C2(/N=C/c3c(O)c(O)cc4ccccc34)c3ccc4cc5ccccc5cc4c3-c3c2ccc2cc4ccccc4cc32)c1O.[Ni].[Ni]. The van der Waals surface area contributed by atoms with Crippen LogP contribution in [0.5, 0.6) is 23.0 Å². The quantitative estimate of drug-likeness (QED) is 0.0612. The summed E-state index contributed by atoms with van der Waals surface area (Å²) in [5.74, 6) is -1.10. The molecule has 0 radical (unpaired) electrons. The summed E-state index contributed by atoms with van der Waals surface area (Å²) in [6.07, 6.45) is 3.20. The molecule has 59 heavy (non-hydrogen) atoms. The number of nitrogens with zero attached hydrogens (tertiary/aromatic N) is 2. The number of aromatic hydroxyl groups is 4. The topological polar surface area (TPSA) is 106 Å². The second-order valence-corrected chi connectivity index (χ2v) is 14.8. The molecule has 0 spiro atoms. The maximum absolute atomic E-state index is 11.4. The number of fused-ring (bicyclic) bond motifs is 11. The number of benzene rings is 10. The van der Waals surface area contributed by atoms with E-state index >= 15 is 0 Å². The summed E-state index contributed by atoms with van der Waals surface area (Å²) in [5.41, 5.74) is 2.82. The van der Waals surface area contributed by atoms with Gasteiger partial charge in [-0.3, -0.25) is 9.98 Å². The smallest absolute Gasteiger partial charge is 0.202 e. The monoisotopic (exact) mass is 852 g/mol. The van der Waals surface area contributed by atoms with Crippen molar-refractivity contribution in [1.29, 1.82) is 0 Å². The Kier molecular flexibility index (Phi) is 9.16. The van der Waals surface area contributed by atoms with E-state index in [0.29, 0.717) is 21.9 Å². The van der Waals surface area contributed by atoms with Gasteiger partial charge in [0.2, 0.25) is 5.66 Å². The van der Waals surface area contributed by atoms with Crippen LogP contribution >= 0.6 is 0 Å². The minimum atomic E-state index is -1.46. The first-order valence-electron chi connectivity index (χ1n) is 18.8. The Morgan fingerprint density at radius 1 is 0.356 bits per heavy atom. The minimum absolute atomic E-state index is 0. The average Bonchev–Trinajstić information content (AvgIpc) is 3.52. The van der Waals surface area contributed by atoms with Crippen molar-refractivity contribution >= 4 is 77.1 Å². The molecule has 0 atom stereocenters. The number of phenols is 4. The van der Waals surface area contributed by atoms with Crippen molar-refractivity contribution in [2.45, 2.75) is 5.66 Å². The number of aliphatic imine (C=N–C) groups is 2. The third kappa shape index (κ3) is 5.74. The molecule has 8 heteroatoms. The molecule has 0 aromatic heterocycles. The van der Waals surface area contributed by atoms with Crippen LogP contribution in [-0.2, 0) is 38.6 Å². The first-order chi connectivity index (χ1) is 27.9. The van der Waals surface area contributed by atoms with Gasteiger partial charge in [-0.1, -0.05) is 121 Å². The Labute approximate surface area is 358 Å². The maximum atomic E-state index is 11.4. The third-order valence-electron chi connectivity index (χ3n) is 11.6. The number of hydrogen-bond acceptors (Lipinski definition) is 6. The number of phenolic OH excluding ortho intramolecular Hbond substituents is 4. The Hall–Kier alpha value is -6.71. The normalized spacial score (nSPS) is 13.1. The maximum Gasteiger partial charge on any atom is 0.202 e. The van der Waals surface area contributed by atoms with Gasteiger partial charge >= 0.3 is 0 Å². The van der Waals surface area contributed by atoms with E-state index in [1.165, 1.54) is 0 Å². The van der Waals surface area contributed by atoms with Crippen LogP contribution in [0.1, 0.15) is 22.3 Å². The van der Waals surface area contributed by atoms with E-state index in [1.807, 2.05) is 72.8 Å². The molecule has 10 aromatic carbocycles. The fourth-order valence-electron chi connectivity index (χ4n) is 8.88. The van der Waals surface area contributed by atoms with E-state index in [2.05, 4.69) is 72.8 Å². The summed E-state index contributed by atoms with van der Waals surface area (Å²) in [4.78, 5) is 10.8. The first-order valence-corrected chi connectivity index (χ1v) is 18.8. The van der Waals surface area contributed by atoms with Gasteiger partial charge in [0.1, 0.15) is 0 Å². The molecule has 0 aliphatic heterocycles. The van der Waals surface area contributed by atoms with Crippen molar-refractivity contribution in [3.8, 4) is 34.1 Å². The standard InChI is InChI=1S/C51H32N2O4.2Ni/c54-45-25-33-13-5-7-15-37(33)41(49(45)56)27-52-51(53-28-42-38-16-8-6-14-34(38)26-46(55)50(42)57)43-19-17-35-21-29-9-1-3-11-31(29)23-39(35)47(43)48-40-24-32-12-4-2-10-30(32)22-36(40)18-20-44(48)51;;/h1-28,54-57H;;/b52-27+,53-28+;;. The molecule has 0 saturated carbocycles. The molecule has 0 amide bonds. The van der Waals surface area contributed by atoms with Crippen LogP contribution < -0.4 is 0 Å². The third-order valence-corrected chi connectivity index (χ3v) is 11.6.